The summed E-state index contributed by atoms with van der Waals surface area (Å²) in [6.07, 6.45) is 8.42. The van der Waals surface area contributed by atoms with Crippen molar-refractivity contribution in [3.05, 3.63) is 18.5 Å². The van der Waals surface area contributed by atoms with Crippen LogP contribution in [0.15, 0.2) is 23.5 Å². The van der Waals surface area contributed by atoms with Crippen LogP contribution in [0.4, 0.5) is 5.95 Å². The molecule has 7 nitrogen and oxygen atoms in total. The normalized spacial score (nSPS) is 22.6. The van der Waals surface area contributed by atoms with Gasteiger partial charge < -0.3 is 15.5 Å². The van der Waals surface area contributed by atoms with Crippen LogP contribution in [0.25, 0.3) is 0 Å². The van der Waals surface area contributed by atoms with Crippen LogP contribution in [0.5, 0.6) is 0 Å². The van der Waals surface area contributed by atoms with Crippen molar-refractivity contribution in [1.82, 2.24) is 14.9 Å². The Balaban J connectivity index is 1.55. The maximum atomic E-state index is 11.9. The van der Waals surface area contributed by atoms with Gasteiger partial charge in [0.1, 0.15) is 0 Å². The predicted octanol–water partition coefficient (Wildman–Crippen LogP) is 0.215. The van der Waals surface area contributed by atoms with E-state index in [1.54, 1.807) is 18.6 Å². The summed E-state index contributed by atoms with van der Waals surface area (Å²) in [5, 5.41) is 0. The van der Waals surface area contributed by atoms with E-state index in [1.807, 2.05) is 6.07 Å². The summed E-state index contributed by atoms with van der Waals surface area (Å²) < 4.78 is 11.8. The molecule has 1 aliphatic carbocycles. The van der Waals surface area contributed by atoms with Gasteiger partial charge in [-0.2, -0.15) is 0 Å². The predicted molar refractivity (Wildman–Crippen MR) is 93.0 cm³/mol. The van der Waals surface area contributed by atoms with Crippen molar-refractivity contribution in [1.29, 1.82) is 0 Å². The van der Waals surface area contributed by atoms with Crippen LogP contribution < -0.4 is 10.6 Å². The van der Waals surface area contributed by atoms with E-state index in [-0.39, 0.29) is 4.75 Å². The van der Waals surface area contributed by atoms with Crippen molar-refractivity contribution >= 4 is 22.7 Å². The van der Waals surface area contributed by atoms with Gasteiger partial charge in [-0.05, 0) is 18.9 Å². The van der Waals surface area contributed by atoms with E-state index in [0.29, 0.717) is 12.5 Å². The molecule has 1 unspecified atom stereocenters. The molecule has 0 amide bonds. The van der Waals surface area contributed by atoms with Gasteiger partial charge in [0.15, 0.2) is 5.96 Å². The Bertz CT molecular complexity index is 581. The SMILES string of the molecule is CS(=O)C1(CN=C(N)N2CCN(c3ncccn3)CC2)CCC1. The van der Waals surface area contributed by atoms with E-state index < -0.39 is 10.8 Å². The molecular formula is C15H24N6OS. The maximum absolute atomic E-state index is 11.9. The fraction of sp³-hybridized carbons (Fsp3) is 0.667. The lowest BCUT2D eigenvalue weighted by Crippen LogP contribution is -2.52. The second kappa shape index (κ2) is 6.82. The smallest absolute Gasteiger partial charge is 0.225 e. The van der Waals surface area contributed by atoms with E-state index in [0.717, 1.165) is 51.4 Å². The molecule has 1 saturated heterocycles. The van der Waals surface area contributed by atoms with E-state index in [2.05, 4.69) is 24.8 Å². The Kier molecular flexibility index (Phi) is 4.79. The quantitative estimate of drug-likeness (QED) is 0.625. The Morgan fingerprint density at radius 3 is 2.48 bits per heavy atom. The number of aromatic nitrogens is 2. The molecule has 0 spiro atoms. The first-order valence-corrected chi connectivity index (χ1v) is 9.57. The van der Waals surface area contributed by atoms with E-state index >= 15 is 0 Å². The maximum Gasteiger partial charge on any atom is 0.225 e. The zero-order valence-corrected chi connectivity index (χ0v) is 14.3. The van der Waals surface area contributed by atoms with Crippen LogP contribution in [-0.4, -0.2) is 68.8 Å². The molecule has 0 aromatic carbocycles. The zero-order valence-electron chi connectivity index (χ0n) is 13.5. The summed E-state index contributed by atoms with van der Waals surface area (Å²) in [6, 6.07) is 1.82. The minimum atomic E-state index is -0.840. The lowest BCUT2D eigenvalue weighted by Gasteiger charge is -2.39. The number of hydrogen-bond donors (Lipinski definition) is 1. The highest BCUT2D eigenvalue weighted by Crippen LogP contribution is 2.37. The summed E-state index contributed by atoms with van der Waals surface area (Å²) >= 11 is 0. The number of hydrogen-bond acceptors (Lipinski definition) is 5. The van der Waals surface area contributed by atoms with Gasteiger partial charge in [-0.1, -0.05) is 6.42 Å². The fourth-order valence-electron chi connectivity index (χ4n) is 3.02. The molecule has 1 saturated carbocycles. The van der Waals surface area contributed by atoms with Gasteiger partial charge in [0.25, 0.3) is 0 Å². The Hall–Kier alpha value is -1.70. The van der Waals surface area contributed by atoms with E-state index in [4.69, 9.17) is 5.73 Å². The van der Waals surface area contributed by atoms with Crippen molar-refractivity contribution in [2.45, 2.75) is 24.0 Å². The summed E-state index contributed by atoms with van der Waals surface area (Å²) in [7, 11) is -0.840. The molecule has 8 heteroatoms. The van der Waals surface area contributed by atoms with Gasteiger partial charge in [0, 0.05) is 55.6 Å². The van der Waals surface area contributed by atoms with Crippen LogP contribution >= 0.6 is 0 Å². The number of anilines is 1. The van der Waals surface area contributed by atoms with Crippen molar-refractivity contribution in [2.24, 2.45) is 10.7 Å². The molecule has 23 heavy (non-hydrogen) atoms. The number of piperazine rings is 1. The molecular weight excluding hydrogens is 312 g/mol. The fourth-order valence-corrected chi connectivity index (χ4v) is 4.13. The van der Waals surface area contributed by atoms with E-state index in [9.17, 15) is 4.21 Å². The second-order valence-corrected chi connectivity index (χ2v) is 7.96. The number of rotatable bonds is 4. The lowest BCUT2D eigenvalue weighted by atomic mass is 9.84. The van der Waals surface area contributed by atoms with Crippen LogP contribution in [0.1, 0.15) is 19.3 Å². The molecule has 1 atom stereocenters. The lowest BCUT2D eigenvalue weighted by molar-refractivity contribution is 0.351. The zero-order chi connectivity index (χ0) is 16.3. The highest BCUT2D eigenvalue weighted by Gasteiger charge is 2.40. The third-order valence-corrected chi connectivity index (χ3v) is 6.60. The summed E-state index contributed by atoms with van der Waals surface area (Å²) in [5.74, 6) is 1.33. The standard InChI is InChI=1S/C15H24N6OS/c1-23(22)15(4-2-5-15)12-19-13(16)20-8-10-21(11-9-20)14-17-6-3-7-18-14/h3,6-7H,2,4-5,8-12H2,1H3,(H2,16,19). The number of aliphatic imine (C=N–C) groups is 1. The van der Waals surface area contributed by atoms with Crippen molar-refractivity contribution in [2.75, 3.05) is 43.9 Å². The highest BCUT2D eigenvalue weighted by molar-refractivity contribution is 7.85. The molecule has 1 aliphatic heterocycles. The largest absolute Gasteiger partial charge is 0.370 e. The first kappa shape index (κ1) is 16.2. The molecule has 0 bridgehead atoms. The third-order valence-electron chi connectivity index (χ3n) is 4.84. The molecule has 2 fully saturated rings. The van der Waals surface area contributed by atoms with Gasteiger partial charge in [0.2, 0.25) is 5.95 Å². The van der Waals surface area contributed by atoms with Crippen molar-refractivity contribution in [3.8, 4) is 0 Å². The van der Waals surface area contributed by atoms with Crippen molar-refractivity contribution in [3.63, 3.8) is 0 Å². The first-order valence-electron chi connectivity index (χ1n) is 8.01. The summed E-state index contributed by atoms with van der Waals surface area (Å²) in [5.41, 5.74) is 6.15. The third kappa shape index (κ3) is 3.46. The summed E-state index contributed by atoms with van der Waals surface area (Å²) in [4.78, 5) is 17.3. The minimum Gasteiger partial charge on any atom is -0.370 e. The monoisotopic (exact) mass is 336 g/mol. The molecule has 1 aromatic rings. The Morgan fingerprint density at radius 2 is 1.96 bits per heavy atom. The highest BCUT2D eigenvalue weighted by atomic mass is 32.2. The average Bonchev–Trinajstić information content (AvgIpc) is 2.54. The molecule has 2 aliphatic rings. The molecule has 3 rings (SSSR count). The van der Waals surface area contributed by atoms with Crippen LogP contribution in [0, 0.1) is 0 Å². The number of guanidine groups is 1. The van der Waals surface area contributed by atoms with Gasteiger partial charge >= 0.3 is 0 Å². The molecule has 1 aromatic heterocycles. The molecule has 0 radical (unpaired) electrons. The van der Waals surface area contributed by atoms with Gasteiger partial charge in [-0.15, -0.1) is 0 Å². The summed E-state index contributed by atoms with van der Waals surface area (Å²) in [6.45, 7) is 3.83. The second-order valence-electron chi connectivity index (χ2n) is 6.19. The average molecular weight is 336 g/mol. The topological polar surface area (TPSA) is 87.7 Å². The number of nitrogens with two attached hydrogens (primary N) is 1. The van der Waals surface area contributed by atoms with Crippen LogP contribution in [-0.2, 0) is 10.8 Å². The Labute approximate surface area is 139 Å². The van der Waals surface area contributed by atoms with Crippen molar-refractivity contribution < 1.29 is 4.21 Å². The van der Waals surface area contributed by atoms with Gasteiger partial charge in [0.05, 0.1) is 11.3 Å². The van der Waals surface area contributed by atoms with E-state index in [1.165, 1.54) is 0 Å². The van der Waals surface area contributed by atoms with Gasteiger partial charge in [-0.25, -0.2) is 9.97 Å². The number of nitrogens with zero attached hydrogens (tertiary/aromatic N) is 5. The van der Waals surface area contributed by atoms with Gasteiger partial charge in [-0.3, -0.25) is 9.20 Å². The van der Waals surface area contributed by atoms with Crippen LogP contribution in [0.2, 0.25) is 0 Å². The minimum absolute atomic E-state index is 0.135. The first-order chi connectivity index (χ1) is 11.1. The molecule has 126 valence electrons. The molecule has 2 N–H and O–H groups in total. The van der Waals surface area contributed by atoms with Crippen LogP contribution in [0.3, 0.4) is 0 Å². The Morgan fingerprint density at radius 1 is 1.30 bits per heavy atom. The molecule has 2 heterocycles.